The zero-order valence-electron chi connectivity index (χ0n) is 15.8. The van der Waals surface area contributed by atoms with Gasteiger partial charge in [-0.3, -0.25) is 9.69 Å². The molecule has 142 valence electrons. The van der Waals surface area contributed by atoms with Gasteiger partial charge in [-0.05, 0) is 49.4 Å². The van der Waals surface area contributed by atoms with E-state index in [1.165, 1.54) is 6.42 Å². The quantitative estimate of drug-likeness (QED) is 0.734. The van der Waals surface area contributed by atoms with Crippen LogP contribution in [0.3, 0.4) is 0 Å². The molecule has 0 unspecified atom stereocenters. The zero-order valence-corrected chi connectivity index (χ0v) is 15.8. The number of methoxy groups -OCH3 is 1. The lowest BCUT2D eigenvalue weighted by Gasteiger charge is -2.39. The Bertz CT molecular complexity index is 626. The molecule has 2 heterocycles. The Morgan fingerprint density at radius 3 is 2.85 bits per heavy atom. The lowest BCUT2D eigenvalue weighted by Crippen LogP contribution is -2.51. The molecule has 0 spiro atoms. The van der Waals surface area contributed by atoms with E-state index in [2.05, 4.69) is 16.4 Å². The third-order valence-corrected chi connectivity index (χ3v) is 5.35. The number of carbonyl (C=O) groups is 1. The van der Waals surface area contributed by atoms with Crippen LogP contribution in [0.15, 0.2) is 30.9 Å². The highest BCUT2D eigenvalue weighted by Gasteiger charge is 2.29. The van der Waals surface area contributed by atoms with Gasteiger partial charge in [0.1, 0.15) is 5.75 Å². The zero-order chi connectivity index (χ0) is 18.4. The number of amides is 1. The van der Waals surface area contributed by atoms with Crippen LogP contribution in [0.25, 0.3) is 0 Å². The molecule has 0 aliphatic carbocycles. The minimum atomic E-state index is 0.135. The summed E-state index contributed by atoms with van der Waals surface area (Å²) in [7, 11) is 1.66. The number of morpholine rings is 1. The third kappa shape index (κ3) is 4.46. The molecule has 2 fully saturated rings. The Hall–Kier alpha value is -1.85. The Morgan fingerprint density at radius 1 is 1.31 bits per heavy atom. The van der Waals surface area contributed by atoms with E-state index in [0.29, 0.717) is 12.5 Å². The number of piperidine rings is 1. The average Bonchev–Trinajstić information content (AvgIpc) is 2.69. The maximum Gasteiger partial charge on any atom is 0.254 e. The van der Waals surface area contributed by atoms with Crippen molar-refractivity contribution in [1.82, 2.24) is 9.80 Å². The van der Waals surface area contributed by atoms with E-state index in [9.17, 15) is 4.79 Å². The van der Waals surface area contributed by atoms with Crippen molar-refractivity contribution in [3.8, 4) is 5.75 Å². The molecule has 0 radical (unpaired) electrons. The van der Waals surface area contributed by atoms with Crippen molar-refractivity contribution in [1.29, 1.82) is 0 Å². The van der Waals surface area contributed by atoms with Gasteiger partial charge in [0, 0.05) is 37.8 Å². The lowest BCUT2D eigenvalue weighted by atomic mass is 9.99. The largest absolute Gasteiger partial charge is 0.496 e. The molecule has 1 aromatic rings. The number of rotatable bonds is 6. The summed E-state index contributed by atoms with van der Waals surface area (Å²) in [5, 5.41) is 0. The van der Waals surface area contributed by atoms with E-state index in [1.807, 2.05) is 24.3 Å². The van der Waals surface area contributed by atoms with Gasteiger partial charge in [0.2, 0.25) is 0 Å². The second-order valence-electron chi connectivity index (χ2n) is 7.08. The van der Waals surface area contributed by atoms with Gasteiger partial charge < -0.3 is 14.4 Å². The summed E-state index contributed by atoms with van der Waals surface area (Å²) < 4.78 is 10.9. The van der Waals surface area contributed by atoms with Crippen LogP contribution < -0.4 is 4.74 Å². The van der Waals surface area contributed by atoms with Gasteiger partial charge in [0.05, 0.1) is 20.3 Å². The first-order valence-corrected chi connectivity index (χ1v) is 9.62. The second kappa shape index (κ2) is 9.19. The molecule has 0 aromatic heterocycles. The summed E-state index contributed by atoms with van der Waals surface area (Å²) >= 11 is 0. The summed E-state index contributed by atoms with van der Waals surface area (Å²) in [5.74, 6) is 0.945. The van der Waals surface area contributed by atoms with Crippen LogP contribution in [-0.2, 0) is 11.2 Å². The van der Waals surface area contributed by atoms with Gasteiger partial charge in [-0.25, -0.2) is 0 Å². The number of hydrogen-bond donors (Lipinski definition) is 0. The molecule has 0 saturated carbocycles. The van der Waals surface area contributed by atoms with Crippen LogP contribution in [-0.4, -0.2) is 68.3 Å². The summed E-state index contributed by atoms with van der Waals surface area (Å²) in [4.78, 5) is 17.7. The number of nitrogens with zero attached hydrogens (tertiary/aromatic N) is 2. The molecular weight excluding hydrogens is 328 g/mol. The number of benzene rings is 1. The highest BCUT2D eigenvalue weighted by molar-refractivity contribution is 5.95. The molecule has 1 aromatic carbocycles. The Labute approximate surface area is 156 Å². The van der Waals surface area contributed by atoms with E-state index < -0.39 is 0 Å². The van der Waals surface area contributed by atoms with Crippen molar-refractivity contribution in [3.05, 3.63) is 42.0 Å². The molecule has 2 saturated heterocycles. The molecule has 0 bridgehead atoms. The molecule has 3 rings (SSSR count). The fourth-order valence-electron chi connectivity index (χ4n) is 3.93. The molecule has 5 heteroatoms. The number of hydrogen-bond acceptors (Lipinski definition) is 4. The van der Waals surface area contributed by atoms with Gasteiger partial charge >= 0.3 is 0 Å². The van der Waals surface area contributed by atoms with Gasteiger partial charge in [-0.1, -0.05) is 6.08 Å². The predicted octanol–water partition coefficient (Wildman–Crippen LogP) is 2.75. The van der Waals surface area contributed by atoms with Crippen molar-refractivity contribution >= 4 is 5.91 Å². The molecule has 2 aliphatic heterocycles. The highest BCUT2D eigenvalue weighted by atomic mass is 16.5. The number of allylic oxidation sites excluding steroid dienone is 1. The van der Waals surface area contributed by atoms with Gasteiger partial charge in [0.15, 0.2) is 0 Å². The molecule has 5 nitrogen and oxygen atoms in total. The van der Waals surface area contributed by atoms with Crippen LogP contribution in [0.5, 0.6) is 5.75 Å². The fraction of sp³-hybridized carbons (Fsp3) is 0.571. The van der Waals surface area contributed by atoms with E-state index in [-0.39, 0.29) is 5.91 Å². The maximum absolute atomic E-state index is 13.2. The normalized spacial score (nSPS) is 21.4. The molecule has 1 atom stereocenters. The number of carbonyl (C=O) groups excluding carboxylic acids is 1. The topological polar surface area (TPSA) is 42.0 Å². The van der Waals surface area contributed by atoms with Crippen molar-refractivity contribution in [2.24, 2.45) is 0 Å². The van der Waals surface area contributed by atoms with Gasteiger partial charge in [-0.15, -0.1) is 6.58 Å². The van der Waals surface area contributed by atoms with Crippen molar-refractivity contribution in [2.75, 3.05) is 46.5 Å². The van der Waals surface area contributed by atoms with Crippen LogP contribution in [0.2, 0.25) is 0 Å². The predicted molar refractivity (Wildman–Crippen MR) is 103 cm³/mol. The lowest BCUT2D eigenvalue weighted by molar-refractivity contribution is 0.0166. The van der Waals surface area contributed by atoms with Crippen LogP contribution in [0.1, 0.15) is 35.2 Å². The van der Waals surface area contributed by atoms with Gasteiger partial charge in [-0.2, -0.15) is 0 Å². The first kappa shape index (κ1) is 18.9. The van der Waals surface area contributed by atoms with E-state index >= 15 is 0 Å². The van der Waals surface area contributed by atoms with Crippen LogP contribution in [0, 0.1) is 0 Å². The minimum absolute atomic E-state index is 0.135. The van der Waals surface area contributed by atoms with Crippen molar-refractivity contribution in [2.45, 2.75) is 31.7 Å². The smallest absolute Gasteiger partial charge is 0.254 e. The SMILES string of the molecule is C=CCc1cc(C(=O)N2CCCC[C@@H]2CN2CCOCC2)ccc1OC. The number of ether oxygens (including phenoxy) is 2. The summed E-state index contributed by atoms with van der Waals surface area (Å²) in [5.41, 5.74) is 1.76. The van der Waals surface area contributed by atoms with Crippen molar-refractivity contribution < 1.29 is 14.3 Å². The Morgan fingerprint density at radius 2 is 2.12 bits per heavy atom. The van der Waals surface area contributed by atoms with E-state index in [1.54, 1.807) is 7.11 Å². The molecule has 26 heavy (non-hydrogen) atoms. The van der Waals surface area contributed by atoms with Crippen LogP contribution in [0.4, 0.5) is 0 Å². The number of likely N-dealkylation sites (tertiary alicyclic amines) is 1. The first-order valence-electron chi connectivity index (χ1n) is 9.62. The van der Waals surface area contributed by atoms with Gasteiger partial charge in [0.25, 0.3) is 5.91 Å². The minimum Gasteiger partial charge on any atom is -0.496 e. The second-order valence-corrected chi connectivity index (χ2v) is 7.08. The molecule has 0 N–H and O–H groups in total. The monoisotopic (exact) mass is 358 g/mol. The fourth-order valence-corrected chi connectivity index (χ4v) is 3.93. The summed E-state index contributed by atoms with van der Waals surface area (Å²) in [6.45, 7) is 9.12. The van der Waals surface area contributed by atoms with E-state index in [0.717, 1.165) is 69.1 Å². The third-order valence-electron chi connectivity index (χ3n) is 5.35. The molecule has 1 amide bonds. The highest BCUT2D eigenvalue weighted by Crippen LogP contribution is 2.25. The Balaban J connectivity index is 1.75. The molecular formula is C21H30N2O3. The first-order chi connectivity index (χ1) is 12.7. The standard InChI is InChI=1S/C21H30N2O3/c1-3-6-17-15-18(8-9-20(17)25-2)21(24)23-10-5-4-7-19(23)16-22-11-13-26-14-12-22/h3,8-9,15,19H,1,4-7,10-14,16H2,2H3/t19-/m1/s1. The molecule has 2 aliphatic rings. The van der Waals surface area contributed by atoms with Crippen molar-refractivity contribution in [3.63, 3.8) is 0 Å². The summed E-state index contributed by atoms with van der Waals surface area (Å²) in [6.07, 6.45) is 5.90. The maximum atomic E-state index is 13.2. The van der Waals surface area contributed by atoms with E-state index in [4.69, 9.17) is 9.47 Å². The van der Waals surface area contributed by atoms with Crippen LogP contribution >= 0.6 is 0 Å². The average molecular weight is 358 g/mol. The Kier molecular flexibility index (Phi) is 6.69. The summed E-state index contributed by atoms with van der Waals surface area (Å²) in [6, 6.07) is 6.03.